The van der Waals surface area contributed by atoms with E-state index in [2.05, 4.69) is 5.32 Å². The Kier molecular flexibility index (Phi) is 6.22. The molecule has 1 heterocycles. The third-order valence-electron chi connectivity index (χ3n) is 6.05. The quantitative estimate of drug-likeness (QED) is 0.630. The van der Waals surface area contributed by atoms with E-state index in [1.165, 1.54) is 4.31 Å². The monoisotopic (exact) mass is 451 g/mol. The maximum absolute atomic E-state index is 13.1. The number of aryl methyl sites for hydroxylation is 1. The zero-order valence-electron chi connectivity index (χ0n) is 18.7. The minimum Gasteiger partial charge on any atom is -0.377 e. The standard InChI is InChI=1S/C25H29N3O3S/c1-18-10-12-20(13-11-18)32(30,31)28-16-6-7-19(17-28)25(29)26-23-14-15-24(27(2)3)22-9-5-4-8-21(22)23/h4-5,8-15,19H,6-7,16-17H2,1-3H3,(H,26,29). The summed E-state index contributed by atoms with van der Waals surface area (Å²) in [5.41, 5.74) is 2.83. The maximum Gasteiger partial charge on any atom is 0.243 e. The molecular formula is C25H29N3O3S. The average Bonchev–Trinajstić information content (AvgIpc) is 2.79. The van der Waals surface area contributed by atoms with Gasteiger partial charge in [0, 0.05) is 49.3 Å². The van der Waals surface area contributed by atoms with Gasteiger partial charge in [0.25, 0.3) is 0 Å². The molecule has 1 unspecified atom stereocenters. The van der Waals surface area contributed by atoms with Crippen LogP contribution in [0.1, 0.15) is 18.4 Å². The van der Waals surface area contributed by atoms with Gasteiger partial charge in [0.05, 0.1) is 10.8 Å². The molecule has 0 aromatic heterocycles. The Labute approximate surface area is 189 Å². The number of amides is 1. The average molecular weight is 452 g/mol. The molecule has 0 radical (unpaired) electrons. The van der Waals surface area contributed by atoms with Crippen molar-refractivity contribution in [3.8, 4) is 0 Å². The Bertz CT molecular complexity index is 1240. The molecule has 0 saturated carbocycles. The van der Waals surface area contributed by atoms with Gasteiger partial charge in [0.2, 0.25) is 15.9 Å². The first-order valence-electron chi connectivity index (χ1n) is 10.8. The number of anilines is 2. The molecule has 1 fully saturated rings. The molecule has 0 bridgehead atoms. The Morgan fingerprint density at radius 2 is 1.69 bits per heavy atom. The molecule has 1 atom stereocenters. The van der Waals surface area contributed by atoms with Crippen molar-refractivity contribution in [1.82, 2.24) is 4.31 Å². The van der Waals surface area contributed by atoms with Gasteiger partial charge in [0.1, 0.15) is 0 Å². The summed E-state index contributed by atoms with van der Waals surface area (Å²) in [7, 11) is 0.362. The van der Waals surface area contributed by atoms with Crippen LogP contribution in [0.5, 0.6) is 0 Å². The molecule has 1 aliphatic heterocycles. The van der Waals surface area contributed by atoms with Gasteiger partial charge in [-0.2, -0.15) is 4.31 Å². The number of hydrogen-bond donors (Lipinski definition) is 1. The van der Waals surface area contributed by atoms with Crippen LogP contribution in [0, 0.1) is 12.8 Å². The second kappa shape index (κ2) is 8.92. The number of sulfonamides is 1. The Morgan fingerprint density at radius 1 is 1.00 bits per heavy atom. The summed E-state index contributed by atoms with van der Waals surface area (Å²) >= 11 is 0. The fourth-order valence-corrected chi connectivity index (χ4v) is 5.77. The van der Waals surface area contributed by atoms with Crippen molar-refractivity contribution in [2.75, 3.05) is 37.4 Å². The molecule has 6 nitrogen and oxygen atoms in total. The van der Waals surface area contributed by atoms with Crippen LogP contribution in [0.25, 0.3) is 10.8 Å². The first-order valence-corrected chi connectivity index (χ1v) is 12.3. The Balaban J connectivity index is 1.54. The number of carbonyl (C=O) groups is 1. The van der Waals surface area contributed by atoms with E-state index < -0.39 is 15.9 Å². The molecule has 32 heavy (non-hydrogen) atoms. The molecule has 4 rings (SSSR count). The van der Waals surface area contributed by atoms with Gasteiger partial charge in [-0.1, -0.05) is 42.0 Å². The highest BCUT2D eigenvalue weighted by Crippen LogP contribution is 2.32. The van der Waals surface area contributed by atoms with Crippen LogP contribution in [0.15, 0.2) is 65.6 Å². The van der Waals surface area contributed by atoms with Crippen molar-refractivity contribution in [3.05, 3.63) is 66.2 Å². The van der Waals surface area contributed by atoms with Crippen molar-refractivity contribution < 1.29 is 13.2 Å². The normalized spacial score (nSPS) is 17.3. The number of nitrogens with one attached hydrogen (secondary N) is 1. The fourth-order valence-electron chi connectivity index (χ4n) is 4.25. The van der Waals surface area contributed by atoms with E-state index in [-0.39, 0.29) is 17.3 Å². The van der Waals surface area contributed by atoms with Crippen LogP contribution in [0.3, 0.4) is 0 Å². The smallest absolute Gasteiger partial charge is 0.243 e. The number of carbonyl (C=O) groups excluding carboxylic acids is 1. The Morgan fingerprint density at radius 3 is 2.38 bits per heavy atom. The SMILES string of the molecule is Cc1ccc(S(=O)(=O)N2CCCC(C(=O)Nc3ccc(N(C)C)c4ccccc34)C2)cc1. The topological polar surface area (TPSA) is 69.7 Å². The number of hydrogen-bond acceptors (Lipinski definition) is 4. The van der Waals surface area contributed by atoms with Gasteiger partial charge >= 0.3 is 0 Å². The van der Waals surface area contributed by atoms with Crippen LogP contribution in [0.4, 0.5) is 11.4 Å². The lowest BCUT2D eigenvalue weighted by Crippen LogP contribution is -2.43. The minimum absolute atomic E-state index is 0.142. The summed E-state index contributed by atoms with van der Waals surface area (Å²) in [6.07, 6.45) is 1.32. The summed E-state index contributed by atoms with van der Waals surface area (Å²) in [5, 5.41) is 5.08. The van der Waals surface area contributed by atoms with Crippen LogP contribution in [-0.4, -0.2) is 45.8 Å². The maximum atomic E-state index is 13.1. The van der Waals surface area contributed by atoms with Crippen LogP contribution < -0.4 is 10.2 Å². The molecular weight excluding hydrogens is 422 g/mol. The number of piperidine rings is 1. The first kappa shape index (κ1) is 22.3. The molecule has 3 aromatic carbocycles. The lowest BCUT2D eigenvalue weighted by atomic mass is 9.98. The minimum atomic E-state index is -3.62. The van der Waals surface area contributed by atoms with E-state index in [0.717, 1.165) is 27.7 Å². The van der Waals surface area contributed by atoms with E-state index in [9.17, 15) is 13.2 Å². The van der Waals surface area contributed by atoms with Crippen molar-refractivity contribution in [1.29, 1.82) is 0 Å². The van der Waals surface area contributed by atoms with Crippen molar-refractivity contribution in [2.45, 2.75) is 24.7 Å². The number of fused-ring (bicyclic) bond motifs is 1. The molecule has 7 heteroatoms. The van der Waals surface area contributed by atoms with Gasteiger partial charge in [0.15, 0.2) is 0 Å². The fraction of sp³-hybridized carbons (Fsp3) is 0.320. The lowest BCUT2D eigenvalue weighted by Gasteiger charge is -2.31. The molecule has 1 amide bonds. The van der Waals surface area contributed by atoms with E-state index in [0.29, 0.717) is 19.4 Å². The lowest BCUT2D eigenvalue weighted by molar-refractivity contribution is -0.120. The highest BCUT2D eigenvalue weighted by atomic mass is 32.2. The van der Waals surface area contributed by atoms with E-state index in [4.69, 9.17) is 0 Å². The summed E-state index contributed by atoms with van der Waals surface area (Å²) in [6.45, 7) is 2.54. The molecule has 0 aliphatic carbocycles. The molecule has 1 saturated heterocycles. The van der Waals surface area contributed by atoms with E-state index in [1.54, 1.807) is 24.3 Å². The Hall–Kier alpha value is -2.90. The predicted octanol–water partition coefficient (Wildman–Crippen LogP) is 4.25. The van der Waals surface area contributed by atoms with Crippen molar-refractivity contribution >= 4 is 38.1 Å². The third-order valence-corrected chi connectivity index (χ3v) is 7.93. The van der Waals surface area contributed by atoms with Gasteiger partial charge < -0.3 is 10.2 Å². The molecule has 1 N–H and O–H groups in total. The second-order valence-corrected chi connectivity index (χ2v) is 10.5. The number of rotatable bonds is 5. The van der Waals surface area contributed by atoms with Crippen LogP contribution in [-0.2, 0) is 14.8 Å². The summed E-state index contributed by atoms with van der Waals surface area (Å²) in [5.74, 6) is -0.534. The second-order valence-electron chi connectivity index (χ2n) is 8.58. The highest BCUT2D eigenvalue weighted by molar-refractivity contribution is 7.89. The van der Waals surface area contributed by atoms with Crippen molar-refractivity contribution in [2.24, 2.45) is 5.92 Å². The summed E-state index contributed by atoms with van der Waals surface area (Å²) in [6, 6.07) is 18.7. The molecule has 3 aromatic rings. The van der Waals surface area contributed by atoms with E-state index in [1.807, 2.05) is 62.3 Å². The number of nitrogens with zero attached hydrogens (tertiary/aromatic N) is 2. The van der Waals surface area contributed by atoms with E-state index >= 15 is 0 Å². The van der Waals surface area contributed by atoms with Gasteiger partial charge in [-0.05, 0) is 44.0 Å². The molecule has 168 valence electrons. The predicted molar refractivity (Wildman–Crippen MR) is 130 cm³/mol. The zero-order valence-corrected chi connectivity index (χ0v) is 19.5. The zero-order chi connectivity index (χ0) is 22.9. The van der Waals surface area contributed by atoms with Crippen LogP contribution in [0.2, 0.25) is 0 Å². The highest BCUT2D eigenvalue weighted by Gasteiger charge is 2.33. The molecule has 1 aliphatic rings. The van der Waals surface area contributed by atoms with Crippen LogP contribution >= 0.6 is 0 Å². The summed E-state index contributed by atoms with van der Waals surface area (Å²) < 4.78 is 27.6. The molecule has 0 spiro atoms. The van der Waals surface area contributed by atoms with Crippen molar-refractivity contribution in [3.63, 3.8) is 0 Å². The number of benzene rings is 3. The third kappa shape index (κ3) is 4.36. The largest absolute Gasteiger partial charge is 0.377 e. The first-order chi connectivity index (χ1) is 15.3. The van der Waals surface area contributed by atoms with Gasteiger partial charge in [-0.25, -0.2) is 8.42 Å². The summed E-state index contributed by atoms with van der Waals surface area (Å²) in [4.78, 5) is 15.5. The van der Waals surface area contributed by atoms with Gasteiger partial charge in [-0.3, -0.25) is 4.79 Å². The van der Waals surface area contributed by atoms with Gasteiger partial charge in [-0.15, -0.1) is 0 Å².